The van der Waals surface area contributed by atoms with Crippen molar-refractivity contribution in [1.82, 2.24) is 15.5 Å². The first-order chi connectivity index (χ1) is 10.7. The van der Waals surface area contributed by atoms with Crippen LogP contribution in [0.3, 0.4) is 0 Å². The van der Waals surface area contributed by atoms with Crippen molar-refractivity contribution in [1.29, 1.82) is 0 Å². The molecule has 0 aromatic heterocycles. The van der Waals surface area contributed by atoms with E-state index in [1.54, 1.807) is 0 Å². The molecule has 0 aliphatic carbocycles. The number of rotatable bonds is 8. The Morgan fingerprint density at radius 3 is 2.33 bits per heavy atom. The van der Waals surface area contributed by atoms with Gasteiger partial charge in [0.1, 0.15) is 9.84 Å². The summed E-state index contributed by atoms with van der Waals surface area (Å²) >= 11 is 0. The van der Waals surface area contributed by atoms with Gasteiger partial charge in [-0.3, -0.25) is 9.89 Å². The van der Waals surface area contributed by atoms with Gasteiger partial charge in [-0.25, -0.2) is 8.42 Å². The fraction of sp³-hybridized carbons (Fsp3) is 0.938. The minimum Gasteiger partial charge on any atom is -0.357 e. The Bertz CT molecular complexity index is 474. The van der Waals surface area contributed by atoms with Gasteiger partial charge in [0.2, 0.25) is 0 Å². The number of sulfone groups is 1. The minimum absolute atomic E-state index is 0. The molecule has 6 nitrogen and oxygen atoms in total. The van der Waals surface area contributed by atoms with Crippen molar-refractivity contribution in [3.05, 3.63) is 0 Å². The Labute approximate surface area is 165 Å². The highest BCUT2D eigenvalue weighted by Crippen LogP contribution is 2.20. The monoisotopic (exact) mass is 474 g/mol. The van der Waals surface area contributed by atoms with Crippen LogP contribution in [0.15, 0.2) is 4.99 Å². The second kappa shape index (κ2) is 11.5. The van der Waals surface area contributed by atoms with E-state index in [-0.39, 0.29) is 35.3 Å². The van der Waals surface area contributed by atoms with Gasteiger partial charge < -0.3 is 10.6 Å². The van der Waals surface area contributed by atoms with Crippen molar-refractivity contribution >= 4 is 39.8 Å². The van der Waals surface area contributed by atoms with Crippen molar-refractivity contribution in [2.45, 2.75) is 52.0 Å². The highest BCUT2D eigenvalue weighted by atomic mass is 127. The summed E-state index contributed by atoms with van der Waals surface area (Å²) in [7, 11) is -2.89. The second-order valence-electron chi connectivity index (χ2n) is 6.97. The average Bonchev–Trinajstić information content (AvgIpc) is 2.49. The van der Waals surface area contributed by atoms with Crippen LogP contribution in [0, 0.1) is 0 Å². The number of nitrogens with zero attached hydrogens (tertiary/aromatic N) is 2. The lowest BCUT2D eigenvalue weighted by molar-refractivity contribution is 0.102. The fourth-order valence-corrected chi connectivity index (χ4v) is 3.42. The van der Waals surface area contributed by atoms with Crippen LogP contribution >= 0.6 is 24.0 Å². The molecule has 0 unspecified atom stereocenters. The molecular formula is C16H35IN4O2S. The van der Waals surface area contributed by atoms with Gasteiger partial charge in [-0.15, -0.1) is 24.0 Å². The van der Waals surface area contributed by atoms with Gasteiger partial charge >= 0.3 is 0 Å². The van der Waals surface area contributed by atoms with Gasteiger partial charge in [0.05, 0.1) is 12.3 Å². The Balaban J connectivity index is 0.00000529. The first-order valence-electron chi connectivity index (χ1n) is 8.69. The molecule has 0 radical (unpaired) electrons. The van der Waals surface area contributed by atoms with Gasteiger partial charge in [0.25, 0.3) is 0 Å². The van der Waals surface area contributed by atoms with Crippen molar-refractivity contribution in [2.24, 2.45) is 4.99 Å². The summed E-state index contributed by atoms with van der Waals surface area (Å²) in [4.78, 5) is 7.22. The molecule has 0 aromatic rings. The second-order valence-corrected chi connectivity index (χ2v) is 9.23. The molecule has 1 aliphatic heterocycles. The third kappa shape index (κ3) is 10.0. The fourth-order valence-electron chi connectivity index (χ4n) is 2.75. The molecule has 0 amide bonds. The maximum atomic E-state index is 11.2. The van der Waals surface area contributed by atoms with Crippen LogP contribution < -0.4 is 10.6 Å². The normalized spacial score (nSPS) is 17.2. The SMILES string of the molecule is CCNC(=NCC(C)(C)N1CCCCC1)NCCCS(C)(=O)=O.I. The summed E-state index contributed by atoms with van der Waals surface area (Å²) in [5, 5.41) is 6.45. The minimum atomic E-state index is -2.89. The van der Waals surface area contributed by atoms with Gasteiger partial charge in [0.15, 0.2) is 5.96 Å². The largest absolute Gasteiger partial charge is 0.357 e. The number of nitrogens with one attached hydrogen (secondary N) is 2. The number of guanidine groups is 1. The first-order valence-corrected chi connectivity index (χ1v) is 10.8. The molecule has 1 aliphatic rings. The maximum absolute atomic E-state index is 11.2. The number of piperidine rings is 1. The Kier molecular flexibility index (Phi) is 11.5. The average molecular weight is 474 g/mol. The van der Waals surface area contributed by atoms with E-state index in [0.717, 1.165) is 32.1 Å². The molecule has 2 N–H and O–H groups in total. The van der Waals surface area contributed by atoms with Crippen LogP contribution in [0.2, 0.25) is 0 Å². The number of likely N-dealkylation sites (tertiary alicyclic amines) is 1. The lowest BCUT2D eigenvalue weighted by Crippen LogP contribution is -2.49. The van der Waals surface area contributed by atoms with Crippen LogP contribution in [0.4, 0.5) is 0 Å². The van der Waals surface area contributed by atoms with Crippen LogP contribution in [-0.2, 0) is 9.84 Å². The van der Waals surface area contributed by atoms with E-state index >= 15 is 0 Å². The molecule has 1 saturated heterocycles. The van der Waals surface area contributed by atoms with Gasteiger partial charge in [-0.05, 0) is 53.1 Å². The molecule has 0 bridgehead atoms. The van der Waals surface area contributed by atoms with Crippen molar-refractivity contribution in [2.75, 3.05) is 44.7 Å². The molecule has 8 heteroatoms. The van der Waals surface area contributed by atoms with Gasteiger partial charge in [-0.2, -0.15) is 0 Å². The standard InChI is InChI=1S/C16H34N4O2S.HI/c1-5-17-15(18-10-9-13-23(4,21)22)19-14-16(2,3)20-11-7-6-8-12-20;/h5-14H2,1-4H3,(H2,17,18,19);1H. The van der Waals surface area contributed by atoms with Gasteiger partial charge in [-0.1, -0.05) is 6.42 Å². The van der Waals surface area contributed by atoms with Crippen LogP contribution in [0.25, 0.3) is 0 Å². The predicted octanol–water partition coefficient (Wildman–Crippen LogP) is 1.86. The number of hydrogen-bond acceptors (Lipinski definition) is 4. The zero-order chi connectivity index (χ0) is 17.3. The van der Waals surface area contributed by atoms with Crippen LogP contribution in [0.5, 0.6) is 0 Å². The topological polar surface area (TPSA) is 73.8 Å². The predicted molar refractivity (Wildman–Crippen MR) is 113 cm³/mol. The molecule has 0 spiro atoms. The zero-order valence-corrected chi connectivity index (χ0v) is 18.7. The van der Waals surface area contributed by atoms with E-state index in [0.29, 0.717) is 13.0 Å². The summed E-state index contributed by atoms with van der Waals surface area (Å²) in [5.74, 6) is 0.977. The van der Waals surface area contributed by atoms with Crippen molar-refractivity contribution < 1.29 is 8.42 Å². The number of aliphatic imine (C=N–C) groups is 1. The zero-order valence-electron chi connectivity index (χ0n) is 15.6. The summed E-state index contributed by atoms with van der Waals surface area (Å²) in [6.45, 7) is 11.0. The smallest absolute Gasteiger partial charge is 0.191 e. The van der Waals surface area contributed by atoms with E-state index in [4.69, 9.17) is 4.99 Å². The third-order valence-corrected chi connectivity index (χ3v) is 5.20. The van der Waals surface area contributed by atoms with Gasteiger partial charge in [0, 0.05) is 24.9 Å². The van der Waals surface area contributed by atoms with Crippen molar-refractivity contribution in [3.63, 3.8) is 0 Å². The quantitative estimate of drug-likeness (QED) is 0.243. The highest BCUT2D eigenvalue weighted by molar-refractivity contribution is 14.0. The Morgan fingerprint density at radius 2 is 1.79 bits per heavy atom. The lowest BCUT2D eigenvalue weighted by atomic mass is 9.99. The maximum Gasteiger partial charge on any atom is 0.191 e. The summed E-state index contributed by atoms with van der Waals surface area (Å²) in [6.07, 6.45) is 5.75. The lowest BCUT2D eigenvalue weighted by Gasteiger charge is -2.40. The Morgan fingerprint density at radius 1 is 1.17 bits per heavy atom. The number of hydrogen-bond donors (Lipinski definition) is 2. The summed E-state index contributed by atoms with van der Waals surface area (Å²) in [5.41, 5.74) is 0.0511. The number of halogens is 1. The molecule has 1 fully saturated rings. The summed E-state index contributed by atoms with van der Waals surface area (Å²) in [6, 6.07) is 0. The molecule has 24 heavy (non-hydrogen) atoms. The van der Waals surface area contributed by atoms with Crippen LogP contribution in [-0.4, -0.2) is 69.5 Å². The summed E-state index contributed by atoms with van der Waals surface area (Å²) < 4.78 is 22.3. The van der Waals surface area contributed by atoms with Crippen LogP contribution in [0.1, 0.15) is 46.5 Å². The van der Waals surface area contributed by atoms with E-state index in [1.165, 1.54) is 25.5 Å². The molecule has 0 saturated carbocycles. The molecule has 1 rings (SSSR count). The molecule has 144 valence electrons. The van der Waals surface area contributed by atoms with Crippen molar-refractivity contribution in [3.8, 4) is 0 Å². The van der Waals surface area contributed by atoms with E-state index in [9.17, 15) is 8.42 Å². The van der Waals surface area contributed by atoms with E-state index in [2.05, 4.69) is 29.4 Å². The highest BCUT2D eigenvalue weighted by Gasteiger charge is 2.27. The molecule has 0 atom stereocenters. The molecule has 0 aromatic carbocycles. The molecule has 1 heterocycles. The molecular weight excluding hydrogens is 439 g/mol. The third-order valence-electron chi connectivity index (χ3n) is 4.16. The Hall–Kier alpha value is -0.0900. The first kappa shape index (κ1) is 23.9. The van der Waals surface area contributed by atoms with E-state index < -0.39 is 9.84 Å². The van der Waals surface area contributed by atoms with E-state index in [1.807, 2.05) is 6.92 Å².